The molecule has 0 atom stereocenters. The molecule has 0 spiro atoms. The van der Waals surface area contributed by atoms with E-state index in [0.29, 0.717) is 0 Å². The SMILES string of the molecule is Oc1cccc2c1-c1nc(-c3cn(-c4ccccc4)c(-c4cccc5oc6ccccc6c45)n3)cc(-c3ccc4oc5ccccc5c4c3)c1CC2. The lowest BCUT2D eigenvalue weighted by atomic mass is 9.84. The van der Waals surface area contributed by atoms with Crippen molar-refractivity contribution in [3.8, 4) is 56.6 Å². The van der Waals surface area contributed by atoms with Gasteiger partial charge in [-0.05, 0) is 89.7 Å². The number of para-hydroxylation sites is 3. The molecule has 0 bridgehead atoms. The van der Waals surface area contributed by atoms with Crippen LogP contribution in [0.2, 0.25) is 0 Å². The number of rotatable bonds is 4. The number of pyridine rings is 1. The van der Waals surface area contributed by atoms with E-state index in [9.17, 15) is 5.11 Å². The number of aryl methyl sites for hydroxylation is 1. The number of furan rings is 2. The highest BCUT2D eigenvalue weighted by Crippen LogP contribution is 2.45. The van der Waals surface area contributed by atoms with Crippen LogP contribution in [0.4, 0.5) is 0 Å². The van der Waals surface area contributed by atoms with E-state index in [-0.39, 0.29) is 5.75 Å². The first kappa shape index (κ1) is 28.9. The number of hydrogen-bond acceptors (Lipinski definition) is 5. The van der Waals surface area contributed by atoms with Gasteiger partial charge in [-0.1, -0.05) is 84.9 Å². The highest BCUT2D eigenvalue weighted by Gasteiger charge is 2.27. The molecule has 6 heteroatoms. The zero-order valence-electron chi connectivity index (χ0n) is 27.9. The number of nitrogens with zero attached hydrogens (tertiary/aromatic N) is 3. The molecule has 4 aromatic heterocycles. The molecule has 0 saturated heterocycles. The van der Waals surface area contributed by atoms with Crippen LogP contribution in [0.15, 0.2) is 155 Å². The number of hydrogen-bond donors (Lipinski definition) is 1. The number of aromatic nitrogens is 3. The predicted molar refractivity (Wildman–Crippen MR) is 207 cm³/mol. The van der Waals surface area contributed by atoms with Gasteiger partial charge < -0.3 is 13.9 Å². The van der Waals surface area contributed by atoms with Crippen molar-refractivity contribution in [1.82, 2.24) is 14.5 Å². The van der Waals surface area contributed by atoms with Gasteiger partial charge in [0.05, 0.1) is 11.4 Å². The quantitative estimate of drug-likeness (QED) is 0.201. The smallest absolute Gasteiger partial charge is 0.146 e. The van der Waals surface area contributed by atoms with Gasteiger partial charge in [-0.2, -0.15) is 0 Å². The van der Waals surface area contributed by atoms with E-state index < -0.39 is 0 Å². The van der Waals surface area contributed by atoms with Crippen LogP contribution in [-0.4, -0.2) is 19.6 Å². The van der Waals surface area contributed by atoms with Gasteiger partial charge in [0, 0.05) is 44.6 Å². The summed E-state index contributed by atoms with van der Waals surface area (Å²) in [4.78, 5) is 10.7. The van der Waals surface area contributed by atoms with Crippen molar-refractivity contribution in [2.24, 2.45) is 0 Å². The minimum atomic E-state index is 0.236. The van der Waals surface area contributed by atoms with Crippen LogP contribution in [0.1, 0.15) is 11.1 Å². The van der Waals surface area contributed by atoms with E-state index in [1.165, 1.54) is 0 Å². The fraction of sp³-hybridized carbons (Fsp3) is 0.0435. The molecule has 6 aromatic carbocycles. The topological polar surface area (TPSA) is 77.2 Å². The number of benzene rings is 6. The van der Waals surface area contributed by atoms with Crippen LogP contribution in [0.5, 0.6) is 5.75 Å². The summed E-state index contributed by atoms with van der Waals surface area (Å²) in [5.41, 5.74) is 12.7. The van der Waals surface area contributed by atoms with Gasteiger partial charge in [-0.15, -0.1) is 0 Å². The van der Waals surface area contributed by atoms with E-state index in [0.717, 1.165) is 119 Å². The Kier molecular flexibility index (Phi) is 6.13. The lowest BCUT2D eigenvalue weighted by Crippen LogP contribution is -2.09. The molecule has 0 fully saturated rings. The molecule has 0 amide bonds. The van der Waals surface area contributed by atoms with E-state index in [2.05, 4.69) is 71.4 Å². The number of aromatic hydroxyl groups is 1. The van der Waals surface area contributed by atoms with Crippen LogP contribution in [0, 0.1) is 0 Å². The monoisotopic (exact) mass is 671 g/mol. The Labute approximate surface area is 297 Å². The van der Waals surface area contributed by atoms with Gasteiger partial charge in [-0.25, -0.2) is 9.97 Å². The predicted octanol–water partition coefficient (Wildman–Crippen LogP) is 11.5. The van der Waals surface area contributed by atoms with E-state index in [1.54, 1.807) is 6.07 Å². The molecule has 1 N–H and O–H groups in total. The Morgan fingerprint density at radius 2 is 1.29 bits per heavy atom. The van der Waals surface area contributed by atoms with E-state index >= 15 is 0 Å². The molecule has 10 aromatic rings. The van der Waals surface area contributed by atoms with Crippen molar-refractivity contribution in [3.05, 3.63) is 157 Å². The molecular weight excluding hydrogens is 643 g/mol. The standard InChI is InChI=1S/C46H29N3O3/c50-38-16-8-10-27-20-22-31-34(28-21-23-41-35(24-28)30-13-4-6-17-39(30)51-41)25-36(47-45(31)43(27)38)37-26-49(29-11-2-1-3-12-29)46(48-37)33-15-9-19-42-44(33)32-14-5-7-18-40(32)52-42/h1-19,21,23-26,50H,20,22H2. The van der Waals surface area contributed by atoms with Crippen LogP contribution in [0.25, 0.3) is 94.7 Å². The first-order chi connectivity index (χ1) is 25.7. The number of phenols is 1. The largest absolute Gasteiger partial charge is 0.507 e. The van der Waals surface area contributed by atoms with Crippen LogP contribution < -0.4 is 0 Å². The molecule has 0 radical (unpaired) electrons. The fourth-order valence-electron chi connectivity index (χ4n) is 8.08. The lowest BCUT2D eigenvalue weighted by Gasteiger charge is -2.23. The molecule has 1 aliphatic carbocycles. The van der Waals surface area contributed by atoms with Gasteiger partial charge in [0.25, 0.3) is 0 Å². The first-order valence-corrected chi connectivity index (χ1v) is 17.5. The summed E-state index contributed by atoms with van der Waals surface area (Å²) < 4.78 is 14.6. The van der Waals surface area contributed by atoms with Crippen molar-refractivity contribution >= 4 is 43.9 Å². The number of phenolic OH excluding ortho intramolecular Hbond substituents is 1. The third-order valence-corrected chi connectivity index (χ3v) is 10.5. The van der Waals surface area contributed by atoms with Crippen LogP contribution in [0.3, 0.4) is 0 Å². The van der Waals surface area contributed by atoms with Crippen molar-refractivity contribution in [1.29, 1.82) is 0 Å². The second-order valence-corrected chi connectivity index (χ2v) is 13.4. The van der Waals surface area contributed by atoms with Crippen LogP contribution in [-0.2, 0) is 12.8 Å². The second kappa shape index (κ2) is 11.0. The van der Waals surface area contributed by atoms with Gasteiger partial charge in [-0.3, -0.25) is 4.57 Å². The number of fused-ring (bicyclic) bond motifs is 9. The minimum Gasteiger partial charge on any atom is -0.507 e. The average Bonchev–Trinajstić information content (AvgIpc) is 3.91. The maximum absolute atomic E-state index is 11.3. The Balaban J connectivity index is 1.18. The molecule has 0 unspecified atom stereocenters. The molecule has 246 valence electrons. The summed E-state index contributed by atoms with van der Waals surface area (Å²) in [6.45, 7) is 0. The maximum atomic E-state index is 11.3. The zero-order valence-corrected chi connectivity index (χ0v) is 27.9. The summed E-state index contributed by atoms with van der Waals surface area (Å²) in [5, 5.41) is 15.5. The Hall–Kier alpha value is -6.92. The van der Waals surface area contributed by atoms with E-state index in [1.807, 2.05) is 72.8 Å². The molecule has 52 heavy (non-hydrogen) atoms. The Bertz CT molecular complexity index is 3040. The Morgan fingerprint density at radius 3 is 2.17 bits per heavy atom. The third-order valence-electron chi connectivity index (χ3n) is 10.5. The molecule has 11 rings (SSSR count). The zero-order chi connectivity index (χ0) is 34.3. The van der Waals surface area contributed by atoms with Gasteiger partial charge in [0.2, 0.25) is 0 Å². The summed E-state index contributed by atoms with van der Waals surface area (Å²) in [6, 6.07) is 47.1. The van der Waals surface area contributed by atoms with Gasteiger partial charge >= 0.3 is 0 Å². The van der Waals surface area contributed by atoms with Crippen molar-refractivity contribution in [2.45, 2.75) is 12.8 Å². The second-order valence-electron chi connectivity index (χ2n) is 13.4. The van der Waals surface area contributed by atoms with Crippen molar-refractivity contribution in [2.75, 3.05) is 0 Å². The summed E-state index contributed by atoms with van der Waals surface area (Å²) in [5.74, 6) is 1.02. The fourth-order valence-corrected chi connectivity index (χ4v) is 8.08. The van der Waals surface area contributed by atoms with Crippen LogP contribution >= 0.6 is 0 Å². The highest BCUT2D eigenvalue weighted by atomic mass is 16.3. The normalized spacial score (nSPS) is 12.5. The Morgan fingerprint density at radius 1 is 0.558 bits per heavy atom. The number of imidazole rings is 1. The first-order valence-electron chi connectivity index (χ1n) is 17.5. The summed E-state index contributed by atoms with van der Waals surface area (Å²) in [6.07, 6.45) is 3.70. The lowest BCUT2D eigenvalue weighted by molar-refractivity contribution is 0.476. The molecule has 0 aliphatic heterocycles. The van der Waals surface area contributed by atoms with Gasteiger partial charge in [0.15, 0.2) is 0 Å². The van der Waals surface area contributed by atoms with Crippen molar-refractivity contribution in [3.63, 3.8) is 0 Å². The van der Waals surface area contributed by atoms with Crippen molar-refractivity contribution < 1.29 is 13.9 Å². The minimum absolute atomic E-state index is 0.236. The highest BCUT2D eigenvalue weighted by molar-refractivity contribution is 6.12. The van der Waals surface area contributed by atoms with E-state index in [4.69, 9.17) is 18.8 Å². The molecule has 6 nitrogen and oxygen atoms in total. The summed E-state index contributed by atoms with van der Waals surface area (Å²) >= 11 is 0. The summed E-state index contributed by atoms with van der Waals surface area (Å²) in [7, 11) is 0. The molecule has 4 heterocycles. The average molecular weight is 672 g/mol. The third kappa shape index (κ3) is 4.31. The molecule has 0 saturated carbocycles. The molecule has 1 aliphatic rings. The molecular formula is C46H29N3O3. The van der Waals surface area contributed by atoms with Gasteiger partial charge in [0.1, 0.15) is 39.6 Å². The maximum Gasteiger partial charge on any atom is 0.146 e.